The molecule has 1 N–H and O–H groups in total. The number of aryl methyl sites for hydroxylation is 1. The van der Waals surface area contributed by atoms with Gasteiger partial charge in [0.15, 0.2) is 0 Å². The van der Waals surface area contributed by atoms with Gasteiger partial charge in [-0.25, -0.2) is 4.98 Å². The molecule has 6 heteroatoms. The summed E-state index contributed by atoms with van der Waals surface area (Å²) in [6, 6.07) is 21.8. The Morgan fingerprint density at radius 2 is 1.73 bits per heavy atom. The summed E-state index contributed by atoms with van der Waals surface area (Å²) >= 11 is 0. The number of carbonyl (C=O) groups excluding carboxylic acids is 1. The summed E-state index contributed by atoms with van der Waals surface area (Å²) in [6.45, 7) is 2.79. The van der Waals surface area contributed by atoms with Crippen LogP contribution in [0.1, 0.15) is 15.9 Å². The second-order valence-electron chi connectivity index (χ2n) is 6.90. The Kier molecular flexibility index (Phi) is 5.57. The van der Waals surface area contributed by atoms with Crippen LogP contribution in [0.5, 0.6) is 5.75 Å². The van der Waals surface area contributed by atoms with E-state index in [0.717, 1.165) is 5.75 Å². The zero-order valence-electron chi connectivity index (χ0n) is 16.5. The molecular weight excluding hydrogens is 378 g/mol. The molecular formula is C24H21N3O3. The lowest BCUT2D eigenvalue weighted by Crippen LogP contribution is -2.28. The van der Waals surface area contributed by atoms with Gasteiger partial charge >= 0.3 is 0 Å². The van der Waals surface area contributed by atoms with Gasteiger partial charge in [-0.2, -0.15) is 0 Å². The molecule has 6 nitrogen and oxygen atoms in total. The number of hydrogen-bond donors (Lipinski definition) is 1. The van der Waals surface area contributed by atoms with E-state index in [1.807, 2.05) is 43.3 Å². The molecule has 3 aromatic carbocycles. The SMILES string of the molecule is Cc1ccc(OCCNC(=O)c2ccc(-n3cnc4ccccc4c3=O)cc2)cc1. The third kappa shape index (κ3) is 4.22. The van der Waals surface area contributed by atoms with Crippen LogP contribution in [0.25, 0.3) is 16.6 Å². The number of fused-ring (bicyclic) bond motifs is 1. The third-order valence-electron chi connectivity index (χ3n) is 4.75. The largest absolute Gasteiger partial charge is 0.492 e. The van der Waals surface area contributed by atoms with Crippen molar-refractivity contribution in [1.29, 1.82) is 0 Å². The Morgan fingerprint density at radius 1 is 1.00 bits per heavy atom. The smallest absolute Gasteiger partial charge is 0.265 e. The van der Waals surface area contributed by atoms with Crippen molar-refractivity contribution in [3.8, 4) is 11.4 Å². The number of benzene rings is 3. The van der Waals surface area contributed by atoms with Gasteiger partial charge in [-0.15, -0.1) is 0 Å². The molecule has 4 aromatic rings. The molecule has 1 aromatic heterocycles. The maximum atomic E-state index is 12.7. The predicted molar refractivity (Wildman–Crippen MR) is 116 cm³/mol. The summed E-state index contributed by atoms with van der Waals surface area (Å²) in [5.41, 5.74) is 2.84. The fourth-order valence-corrected chi connectivity index (χ4v) is 3.10. The van der Waals surface area contributed by atoms with Crippen molar-refractivity contribution >= 4 is 16.8 Å². The minimum Gasteiger partial charge on any atom is -0.492 e. The summed E-state index contributed by atoms with van der Waals surface area (Å²) in [7, 11) is 0. The van der Waals surface area contributed by atoms with E-state index >= 15 is 0 Å². The van der Waals surface area contributed by atoms with E-state index in [1.54, 1.807) is 36.4 Å². The van der Waals surface area contributed by atoms with Crippen LogP contribution in [-0.2, 0) is 0 Å². The van der Waals surface area contributed by atoms with Gasteiger partial charge < -0.3 is 10.1 Å². The van der Waals surface area contributed by atoms with E-state index in [1.165, 1.54) is 16.5 Å². The lowest BCUT2D eigenvalue weighted by atomic mass is 10.2. The second kappa shape index (κ2) is 8.61. The summed E-state index contributed by atoms with van der Waals surface area (Å²) in [5.74, 6) is 0.576. The van der Waals surface area contributed by atoms with E-state index < -0.39 is 0 Å². The summed E-state index contributed by atoms with van der Waals surface area (Å²) < 4.78 is 7.08. The van der Waals surface area contributed by atoms with Crippen LogP contribution in [0.15, 0.2) is 83.9 Å². The summed E-state index contributed by atoms with van der Waals surface area (Å²) in [5, 5.41) is 3.38. The van der Waals surface area contributed by atoms with Gasteiger partial charge in [0.1, 0.15) is 18.7 Å². The maximum absolute atomic E-state index is 12.7. The van der Waals surface area contributed by atoms with E-state index in [0.29, 0.717) is 35.3 Å². The molecule has 0 aliphatic carbocycles. The number of hydrogen-bond acceptors (Lipinski definition) is 4. The van der Waals surface area contributed by atoms with E-state index in [-0.39, 0.29) is 11.5 Å². The number of ether oxygens (including phenoxy) is 1. The maximum Gasteiger partial charge on any atom is 0.265 e. The van der Waals surface area contributed by atoms with Gasteiger partial charge in [-0.1, -0.05) is 29.8 Å². The first-order valence-electron chi connectivity index (χ1n) is 9.66. The third-order valence-corrected chi connectivity index (χ3v) is 4.75. The first kappa shape index (κ1) is 19.4. The zero-order valence-corrected chi connectivity index (χ0v) is 16.5. The fraction of sp³-hybridized carbons (Fsp3) is 0.125. The quantitative estimate of drug-likeness (QED) is 0.504. The van der Waals surface area contributed by atoms with Crippen molar-refractivity contribution in [2.75, 3.05) is 13.2 Å². The van der Waals surface area contributed by atoms with Gasteiger partial charge in [0, 0.05) is 5.56 Å². The van der Waals surface area contributed by atoms with Crippen molar-refractivity contribution in [2.45, 2.75) is 6.92 Å². The zero-order chi connectivity index (χ0) is 20.9. The molecule has 1 heterocycles. The molecule has 1 amide bonds. The fourth-order valence-electron chi connectivity index (χ4n) is 3.10. The Bertz CT molecular complexity index is 1230. The van der Waals surface area contributed by atoms with Gasteiger partial charge in [-0.05, 0) is 55.5 Å². The van der Waals surface area contributed by atoms with Crippen LogP contribution >= 0.6 is 0 Å². The van der Waals surface area contributed by atoms with Crippen molar-refractivity contribution < 1.29 is 9.53 Å². The number of amides is 1. The van der Waals surface area contributed by atoms with Crippen molar-refractivity contribution in [3.05, 3.63) is 101 Å². The summed E-state index contributed by atoms with van der Waals surface area (Å²) in [4.78, 5) is 29.4. The Labute approximate surface area is 173 Å². The van der Waals surface area contributed by atoms with Gasteiger partial charge in [0.2, 0.25) is 0 Å². The highest BCUT2D eigenvalue weighted by molar-refractivity contribution is 5.94. The topological polar surface area (TPSA) is 73.2 Å². The average Bonchev–Trinajstić information content (AvgIpc) is 2.78. The molecule has 0 fully saturated rings. The normalized spacial score (nSPS) is 10.7. The Hall–Kier alpha value is -3.93. The van der Waals surface area contributed by atoms with Gasteiger partial charge in [-0.3, -0.25) is 14.2 Å². The van der Waals surface area contributed by atoms with Crippen LogP contribution in [0.2, 0.25) is 0 Å². The molecule has 0 saturated heterocycles. The van der Waals surface area contributed by atoms with Crippen molar-refractivity contribution in [2.24, 2.45) is 0 Å². The van der Waals surface area contributed by atoms with Crippen LogP contribution in [0.4, 0.5) is 0 Å². The van der Waals surface area contributed by atoms with Gasteiger partial charge in [0.25, 0.3) is 11.5 Å². The first-order chi connectivity index (χ1) is 14.6. The highest BCUT2D eigenvalue weighted by atomic mass is 16.5. The molecule has 4 rings (SSSR count). The molecule has 0 bridgehead atoms. The molecule has 0 aliphatic rings. The first-order valence-corrected chi connectivity index (χ1v) is 9.66. The predicted octanol–water partition coefficient (Wildman–Crippen LogP) is 3.50. The molecule has 0 atom stereocenters. The number of aromatic nitrogens is 2. The lowest BCUT2D eigenvalue weighted by Gasteiger charge is -2.09. The van der Waals surface area contributed by atoms with E-state index in [9.17, 15) is 9.59 Å². The molecule has 30 heavy (non-hydrogen) atoms. The minimum absolute atomic E-state index is 0.147. The minimum atomic E-state index is -0.196. The lowest BCUT2D eigenvalue weighted by molar-refractivity contribution is 0.0947. The van der Waals surface area contributed by atoms with Crippen molar-refractivity contribution in [3.63, 3.8) is 0 Å². The Balaban J connectivity index is 1.38. The molecule has 0 unspecified atom stereocenters. The van der Waals surface area contributed by atoms with Crippen LogP contribution in [-0.4, -0.2) is 28.6 Å². The molecule has 150 valence electrons. The summed E-state index contributed by atoms with van der Waals surface area (Å²) in [6.07, 6.45) is 1.50. The number of nitrogens with one attached hydrogen (secondary N) is 1. The molecule has 0 spiro atoms. The molecule has 0 saturated carbocycles. The number of nitrogens with zero attached hydrogens (tertiary/aromatic N) is 2. The average molecular weight is 399 g/mol. The van der Waals surface area contributed by atoms with Crippen LogP contribution < -0.4 is 15.6 Å². The Morgan fingerprint density at radius 3 is 2.50 bits per heavy atom. The van der Waals surface area contributed by atoms with Crippen LogP contribution in [0, 0.1) is 6.92 Å². The second-order valence-corrected chi connectivity index (χ2v) is 6.90. The van der Waals surface area contributed by atoms with Gasteiger partial charge in [0.05, 0.1) is 23.1 Å². The number of carbonyl (C=O) groups is 1. The van der Waals surface area contributed by atoms with Crippen molar-refractivity contribution in [1.82, 2.24) is 14.9 Å². The van der Waals surface area contributed by atoms with E-state index in [2.05, 4.69) is 10.3 Å². The highest BCUT2D eigenvalue weighted by Gasteiger charge is 2.08. The van der Waals surface area contributed by atoms with E-state index in [4.69, 9.17) is 4.74 Å². The molecule has 0 radical (unpaired) electrons. The number of rotatable bonds is 6. The molecule has 0 aliphatic heterocycles. The monoisotopic (exact) mass is 399 g/mol. The highest BCUT2D eigenvalue weighted by Crippen LogP contribution is 2.12. The standard InChI is InChI=1S/C24H21N3O3/c1-17-6-12-20(13-7-17)30-15-14-25-23(28)18-8-10-19(11-9-18)27-16-26-22-5-3-2-4-21(22)24(27)29/h2-13,16H,14-15H2,1H3,(H,25,28). The van der Waals surface area contributed by atoms with Crippen LogP contribution in [0.3, 0.4) is 0 Å². The number of para-hydroxylation sites is 1.